The van der Waals surface area contributed by atoms with Crippen LogP contribution < -0.4 is 5.32 Å². The molecule has 0 radical (unpaired) electrons. The van der Waals surface area contributed by atoms with Crippen LogP contribution in [0.15, 0.2) is 43.0 Å². The third-order valence-electron chi connectivity index (χ3n) is 5.65. The molecule has 1 fully saturated rings. The molecule has 0 saturated carbocycles. The van der Waals surface area contributed by atoms with Crippen molar-refractivity contribution in [2.45, 2.75) is 32.5 Å². The molecule has 6 nitrogen and oxygen atoms in total. The van der Waals surface area contributed by atoms with Crippen LogP contribution in [0.25, 0.3) is 16.8 Å². The van der Waals surface area contributed by atoms with Gasteiger partial charge in [-0.15, -0.1) is 0 Å². The molecule has 3 heterocycles. The molecular weight excluding hydrogens is 398 g/mol. The summed E-state index contributed by atoms with van der Waals surface area (Å²) >= 11 is 0. The summed E-state index contributed by atoms with van der Waals surface area (Å²) in [6, 6.07) is 6.96. The van der Waals surface area contributed by atoms with Gasteiger partial charge in [0.2, 0.25) is 0 Å². The number of nitrogens with zero attached hydrogens (tertiary/aromatic N) is 5. The van der Waals surface area contributed by atoms with E-state index in [9.17, 15) is 8.78 Å². The number of likely N-dealkylation sites (tertiary alicyclic amines) is 1. The van der Waals surface area contributed by atoms with Crippen molar-refractivity contribution < 1.29 is 8.78 Å². The van der Waals surface area contributed by atoms with Gasteiger partial charge >= 0.3 is 0 Å². The predicted octanol–water partition coefficient (Wildman–Crippen LogP) is 4.04. The van der Waals surface area contributed by atoms with Crippen LogP contribution >= 0.6 is 0 Å². The number of pyridine rings is 1. The Morgan fingerprint density at radius 1 is 1.16 bits per heavy atom. The fourth-order valence-electron chi connectivity index (χ4n) is 3.88. The van der Waals surface area contributed by atoms with E-state index in [4.69, 9.17) is 5.26 Å². The van der Waals surface area contributed by atoms with E-state index in [1.165, 1.54) is 6.07 Å². The number of benzene rings is 1. The van der Waals surface area contributed by atoms with Gasteiger partial charge in [0.1, 0.15) is 12.0 Å². The first kappa shape index (κ1) is 20.9. The van der Waals surface area contributed by atoms with Gasteiger partial charge in [0.25, 0.3) is 0 Å². The van der Waals surface area contributed by atoms with E-state index >= 15 is 0 Å². The number of rotatable bonds is 5. The molecule has 0 amide bonds. The molecule has 1 aliphatic heterocycles. The Bertz CT molecular complexity index is 1120. The Kier molecular flexibility index (Phi) is 5.96. The first-order valence-corrected chi connectivity index (χ1v) is 10.2. The number of nitrogens with one attached hydrogen (secondary N) is 1. The van der Waals surface area contributed by atoms with Crippen LogP contribution in [-0.4, -0.2) is 51.5 Å². The summed E-state index contributed by atoms with van der Waals surface area (Å²) < 4.78 is 30.0. The molecule has 2 atom stereocenters. The third kappa shape index (κ3) is 4.57. The fraction of sp³-hybridized carbons (Fsp3) is 0.348. The maximum atomic E-state index is 14.5. The number of anilines is 1. The Hall–Kier alpha value is -3.31. The summed E-state index contributed by atoms with van der Waals surface area (Å²) in [5, 5.41) is 16.5. The molecular formula is C23H24F2N6. The van der Waals surface area contributed by atoms with Crippen molar-refractivity contribution in [3.63, 3.8) is 0 Å². The van der Waals surface area contributed by atoms with Gasteiger partial charge < -0.3 is 5.32 Å². The van der Waals surface area contributed by atoms with E-state index in [0.717, 1.165) is 28.1 Å². The molecule has 4 rings (SSSR count). The Morgan fingerprint density at radius 3 is 2.77 bits per heavy atom. The summed E-state index contributed by atoms with van der Waals surface area (Å²) in [6.45, 7) is 4.76. The second-order valence-electron chi connectivity index (χ2n) is 7.97. The average molecular weight is 422 g/mol. The summed E-state index contributed by atoms with van der Waals surface area (Å²) in [4.78, 5) is 6.12. The number of aryl methyl sites for hydroxylation is 2. The fourth-order valence-corrected chi connectivity index (χ4v) is 3.88. The molecule has 8 heteroatoms. The van der Waals surface area contributed by atoms with Crippen LogP contribution in [0.1, 0.15) is 17.5 Å². The molecule has 1 saturated heterocycles. The predicted molar refractivity (Wildman–Crippen MR) is 115 cm³/mol. The van der Waals surface area contributed by atoms with Crippen LogP contribution in [0.5, 0.6) is 0 Å². The topological polar surface area (TPSA) is 69.8 Å². The van der Waals surface area contributed by atoms with Crippen LogP contribution in [-0.2, 0) is 0 Å². The van der Waals surface area contributed by atoms with E-state index < -0.39 is 6.17 Å². The number of halogens is 2. The van der Waals surface area contributed by atoms with Crippen LogP contribution in [0.4, 0.5) is 14.5 Å². The molecule has 31 heavy (non-hydrogen) atoms. The normalized spacial score (nSPS) is 19.2. The molecule has 0 bridgehead atoms. The molecule has 2 unspecified atom stereocenters. The summed E-state index contributed by atoms with van der Waals surface area (Å²) in [5.41, 5.74) is 4.62. The second-order valence-corrected chi connectivity index (χ2v) is 7.97. The highest BCUT2D eigenvalue weighted by atomic mass is 19.1. The zero-order valence-corrected chi connectivity index (χ0v) is 17.5. The largest absolute Gasteiger partial charge is 0.378 e. The minimum atomic E-state index is -1.06. The van der Waals surface area contributed by atoms with E-state index in [1.807, 2.05) is 24.1 Å². The number of aromatic nitrogens is 3. The molecule has 160 valence electrons. The number of alkyl halides is 1. The molecule has 3 aromatic rings. The van der Waals surface area contributed by atoms with E-state index in [1.54, 1.807) is 36.3 Å². The van der Waals surface area contributed by atoms with Crippen molar-refractivity contribution in [3.8, 4) is 22.9 Å². The van der Waals surface area contributed by atoms with Gasteiger partial charge in [0.05, 0.1) is 36.2 Å². The van der Waals surface area contributed by atoms with Crippen molar-refractivity contribution in [3.05, 3.63) is 59.9 Å². The lowest BCUT2D eigenvalue weighted by molar-refractivity contribution is 0.138. The first-order valence-electron chi connectivity index (χ1n) is 10.2. The highest BCUT2D eigenvalue weighted by Crippen LogP contribution is 2.26. The monoisotopic (exact) mass is 422 g/mol. The van der Waals surface area contributed by atoms with Gasteiger partial charge in [-0.05, 0) is 49.6 Å². The number of hydrogen-bond acceptors (Lipinski definition) is 5. The van der Waals surface area contributed by atoms with Crippen molar-refractivity contribution in [2.75, 3.05) is 25.0 Å². The molecule has 2 aromatic heterocycles. The first-order chi connectivity index (χ1) is 14.9. The number of nitriles is 1. The maximum absolute atomic E-state index is 14.5. The van der Waals surface area contributed by atoms with E-state index in [2.05, 4.69) is 21.5 Å². The lowest BCUT2D eigenvalue weighted by atomic mass is 10.0. The number of hydrogen-bond donors (Lipinski definition) is 1. The lowest BCUT2D eigenvalue weighted by Crippen LogP contribution is -2.47. The van der Waals surface area contributed by atoms with Crippen LogP contribution in [0, 0.1) is 31.0 Å². The Labute approximate surface area is 180 Å². The summed E-state index contributed by atoms with van der Waals surface area (Å²) in [7, 11) is 0. The molecule has 1 aromatic carbocycles. The average Bonchev–Trinajstić information content (AvgIpc) is 3.23. The Morgan fingerprint density at radius 2 is 2.00 bits per heavy atom. The van der Waals surface area contributed by atoms with Crippen molar-refractivity contribution in [2.24, 2.45) is 0 Å². The smallest absolute Gasteiger partial charge is 0.133 e. The van der Waals surface area contributed by atoms with Crippen molar-refractivity contribution >= 4 is 5.69 Å². The molecule has 0 aliphatic carbocycles. The lowest BCUT2D eigenvalue weighted by Gasteiger charge is -2.34. The van der Waals surface area contributed by atoms with Crippen molar-refractivity contribution in [1.29, 1.82) is 5.26 Å². The zero-order chi connectivity index (χ0) is 22.0. The minimum Gasteiger partial charge on any atom is -0.378 e. The summed E-state index contributed by atoms with van der Waals surface area (Å²) in [6.07, 6.45) is 6.58. The second kappa shape index (κ2) is 8.82. The zero-order valence-electron chi connectivity index (χ0n) is 17.5. The summed E-state index contributed by atoms with van der Waals surface area (Å²) in [5.74, 6) is -0.235. The number of piperidine rings is 1. The van der Waals surface area contributed by atoms with Crippen LogP contribution in [0.3, 0.4) is 0 Å². The SMILES string of the molecule is Cc1cc(-n2cc(-c3cncc(NC4CCN(CC#N)CC4F)c3)cn2)c(C)cc1F. The highest BCUT2D eigenvalue weighted by Gasteiger charge is 2.29. The standard InChI is InChI=1S/C23H24F2N6/c1-15-8-23(16(2)7-20(15)24)31-13-18(11-28-31)17-9-19(12-27-10-17)29-22-3-5-30(6-4-26)14-21(22)25/h7-13,21-22,29H,3,5-6,14H2,1-2H3. The quantitative estimate of drug-likeness (QED) is 0.629. The van der Waals surface area contributed by atoms with Gasteiger partial charge in [-0.1, -0.05) is 0 Å². The van der Waals surface area contributed by atoms with Gasteiger partial charge in [-0.3, -0.25) is 9.88 Å². The molecule has 0 spiro atoms. The van der Waals surface area contributed by atoms with Crippen molar-refractivity contribution in [1.82, 2.24) is 19.7 Å². The highest BCUT2D eigenvalue weighted by molar-refractivity contribution is 5.66. The maximum Gasteiger partial charge on any atom is 0.133 e. The van der Waals surface area contributed by atoms with Gasteiger partial charge in [0.15, 0.2) is 0 Å². The molecule has 1 N–H and O–H groups in total. The van der Waals surface area contributed by atoms with Gasteiger partial charge in [-0.25, -0.2) is 13.5 Å². The Balaban J connectivity index is 1.51. The van der Waals surface area contributed by atoms with Gasteiger partial charge in [-0.2, -0.15) is 10.4 Å². The molecule has 1 aliphatic rings. The van der Waals surface area contributed by atoms with E-state index in [-0.39, 0.29) is 24.9 Å². The van der Waals surface area contributed by atoms with Gasteiger partial charge in [0, 0.05) is 42.8 Å². The third-order valence-corrected chi connectivity index (χ3v) is 5.65. The van der Waals surface area contributed by atoms with E-state index in [0.29, 0.717) is 18.5 Å². The van der Waals surface area contributed by atoms with Crippen LogP contribution in [0.2, 0.25) is 0 Å². The minimum absolute atomic E-state index is 0.235.